The summed E-state index contributed by atoms with van der Waals surface area (Å²) in [4.78, 5) is 31.3. The predicted octanol–water partition coefficient (Wildman–Crippen LogP) is 5.41. The van der Waals surface area contributed by atoms with Crippen molar-refractivity contribution in [3.05, 3.63) is 71.4 Å². The van der Waals surface area contributed by atoms with Gasteiger partial charge < -0.3 is 9.64 Å². The Morgan fingerprint density at radius 1 is 0.879 bits per heavy atom. The van der Waals surface area contributed by atoms with Gasteiger partial charge in [0.05, 0.1) is 12.2 Å². The van der Waals surface area contributed by atoms with E-state index in [1.807, 2.05) is 56.3 Å². The highest BCUT2D eigenvalue weighted by Gasteiger charge is 2.44. The smallest absolute Gasteiger partial charge is 0.278 e. The molecule has 1 aliphatic heterocycles. The highest BCUT2D eigenvalue weighted by molar-refractivity contribution is 6.35. The van der Waals surface area contributed by atoms with Crippen LogP contribution in [-0.4, -0.2) is 40.8 Å². The number of benzene rings is 2. The van der Waals surface area contributed by atoms with E-state index in [1.54, 1.807) is 4.90 Å². The molecule has 1 saturated carbocycles. The van der Waals surface area contributed by atoms with Crippen molar-refractivity contribution in [2.24, 2.45) is 0 Å². The SMILES string of the molecule is CCOc1ccc(C2=C(N(CC)Cc3ccccc3)C(=O)N(C3CCCCCC3)C2=O)cc1. The minimum absolute atomic E-state index is 0.0156. The fraction of sp³-hybridized carbons (Fsp3) is 0.429. The molecule has 0 radical (unpaired) electrons. The van der Waals surface area contributed by atoms with Gasteiger partial charge in [-0.15, -0.1) is 0 Å². The lowest BCUT2D eigenvalue weighted by Crippen LogP contribution is -2.42. The third-order valence-corrected chi connectivity index (χ3v) is 6.65. The van der Waals surface area contributed by atoms with Crippen LogP contribution in [0.3, 0.4) is 0 Å². The van der Waals surface area contributed by atoms with Crippen LogP contribution in [0.1, 0.15) is 63.5 Å². The molecule has 2 aliphatic rings. The van der Waals surface area contributed by atoms with Gasteiger partial charge in [0.15, 0.2) is 0 Å². The van der Waals surface area contributed by atoms with Crippen LogP contribution in [0.2, 0.25) is 0 Å². The van der Waals surface area contributed by atoms with Gasteiger partial charge in [0.25, 0.3) is 11.8 Å². The third-order valence-electron chi connectivity index (χ3n) is 6.65. The normalized spacial score (nSPS) is 17.5. The van der Waals surface area contributed by atoms with Crippen LogP contribution in [0.5, 0.6) is 5.75 Å². The summed E-state index contributed by atoms with van der Waals surface area (Å²) in [5.74, 6) is 0.462. The summed E-state index contributed by atoms with van der Waals surface area (Å²) in [6.07, 6.45) is 6.27. The molecule has 0 saturated heterocycles. The Morgan fingerprint density at radius 3 is 2.15 bits per heavy atom. The Balaban J connectivity index is 1.74. The quantitative estimate of drug-likeness (QED) is 0.402. The van der Waals surface area contributed by atoms with Crippen molar-refractivity contribution in [3.63, 3.8) is 0 Å². The maximum absolute atomic E-state index is 13.9. The lowest BCUT2D eigenvalue weighted by molar-refractivity contribution is -0.140. The van der Waals surface area contributed by atoms with Crippen molar-refractivity contribution in [3.8, 4) is 5.75 Å². The van der Waals surface area contributed by atoms with Crippen LogP contribution < -0.4 is 4.74 Å². The van der Waals surface area contributed by atoms with E-state index in [0.717, 1.165) is 42.6 Å². The molecule has 0 bridgehead atoms. The Morgan fingerprint density at radius 2 is 1.55 bits per heavy atom. The van der Waals surface area contributed by atoms with E-state index in [9.17, 15) is 9.59 Å². The maximum Gasteiger partial charge on any atom is 0.278 e. The van der Waals surface area contributed by atoms with E-state index in [4.69, 9.17) is 4.74 Å². The molecular weight excluding hydrogens is 412 g/mol. The summed E-state index contributed by atoms with van der Waals surface area (Å²) in [5.41, 5.74) is 2.94. The zero-order valence-electron chi connectivity index (χ0n) is 19.8. The first-order valence-corrected chi connectivity index (χ1v) is 12.3. The molecule has 1 fully saturated rings. The zero-order valence-corrected chi connectivity index (χ0v) is 19.8. The molecule has 2 aromatic carbocycles. The van der Waals surface area contributed by atoms with Crippen LogP contribution >= 0.6 is 0 Å². The van der Waals surface area contributed by atoms with Crippen LogP contribution in [-0.2, 0) is 16.1 Å². The Hall–Kier alpha value is -3.08. The first-order chi connectivity index (χ1) is 16.1. The van der Waals surface area contributed by atoms with E-state index in [1.165, 1.54) is 12.8 Å². The van der Waals surface area contributed by atoms with E-state index in [0.29, 0.717) is 31.0 Å². The molecule has 1 aliphatic carbocycles. The average Bonchev–Trinajstić information content (AvgIpc) is 2.99. The second-order valence-corrected chi connectivity index (χ2v) is 8.81. The largest absolute Gasteiger partial charge is 0.494 e. The fourth-order valence-corrected chi connectivity index (χ4v) is 4.97. The molecule has 0 aromatic heterocycles. The third kappa shape index (κ3) is 4.97. The number of imide groups is 1. The lowest BCUT2D eigenvalue weighted by Gasteiger charge is -2.28. The van der Waals surface area contributed by atoms with Crippen LogP contribution in [0.4, 0.5) is 0 Å². The fourth-order valence-electron chi connectivity index (χ4n) is 4.97. The first-order valence-electron chi connectivity index (χ1n) is 12.3. The molecular formula is C28H34N2O3. The predicted molar refractivity (Wildman–Crippen MR) is 130 cm³/mol. The minimum atomic E-state index is -0.155. The molecule has 0 unspecified atom stereocenters. The molecule has 0 atom stereocenters. The van der Waals surface area contributed by atoms with Gasteiger partial charge in [-0.1, -0.05) is 68.1 Å². The summed E-state index contributed by atoms with van der Waals surface area (Å²) >= 11 is 0. The minimum Gasteiger partial charge on any atom is -0.494 e. The summed E-state index contributed by atoms with van der Waals surface area (Å²) < 4.78 is 5.59. The molecule has 2 amide bonds. The number of carbonyl (C=O) groups is 2. The van der Waals surface area contributed by atoms with Gasteiger partial charge in [0.2, 0.25) is 0 Å². The number of ether oxygens (including phenoxy) is 1. The Kier molecular flexibility index (Phi) is 7.48. The molecule has 0 N–H and O–H groups in total. The molecule has 174 valence electrons. The summed E-state index contributed by atoms with van der Waals surface area (Å²) in [6.45, 7) is 5.80. The summed E-state index contributed by atoms with van der Waals surface area (Å²) in [5, 5.41) is 0. The van der Waals surface area contributed by atoms with E-state index in [2.05, 4.69) is 17.0 Å². The van der Waals surface area contributed by atoms with Crippen molar-refractivity contribution in [1.29, 1.82) is 0 Å². The van der Waals surface area contributed by atoms with Gasteiger partial charge in [-0.2, -0.15) is 0 Å². The number of nitrogens with zero attached hydrogens (tertiary/aromatic N) is 2. The van der Waals surface area contributed by atoms with Gasteiger partial charge >= 0.3 is 0 Å². The second kappa shape index (κ2) is 10.7. The second-order valence-electron chi connectivity index (χ2n) is 8.81. The van der Waals surface area contributed by atoms with Crippen molar-refractivity contribution in [2.75, 3.05) is 13.2 Å². The Bertz CT molecular complexity index is 990. The number of hydrogen-bond acceptors (Lipinski definition) is 4. The first kappa shape index (κ1) is 23.1. The van der Waals surface area contributed by atoms with Crippen LogP contribution in [0.25, 0.3) is 5.57 Å². The van der Waals surface area contributed by atoms with E-state index >= 15 is 0 Å². The van der Waals surface area contributed by atoms with Gasteiger partial charge in [-0.25, -0.2) is 0 Å². The van der Waals surface area contributed by atoms with Crippen molar-refractivity contribution in [1.82, 2.24) is 9.80 Å². The molecule has 0 spiro atoms. The number of hydrogen-bond donors (Lipinski definition) is 0. The molecule has 5 nitrogen and oxygen atoms in total. The number of likely N-dealkylation sites (N-methyl/N-ethyl adjacent to an activating group) is 1. The van der Waals surface area contributed by atoms with Gasteiger partial charge in [0.1, 0.15) is 11.4 Å². The number of amides is 2. The lowest BCUT2D eigenvalue weighted by atomic mass is 10.0. The highest BCUT2D eigenvalue weighted by atomic mass is 16.5. The maximum atomic E-state index is 13.9. The van der Waals surface area contributed by atoms with E-state index < -0.39 is 0 Å². The molecule has 2 aromatic rings. The monoisotopic (exact) mass is 446 g/mol. The highest BCUT2D eigenvalue weighted by Crippen LogP contribution is 2.36. The van der Waals surface area contributed by atoms with Gasteiger partial charge in [-0.05, 0) is 49.9 Å². The van der Waals surface area contributed by atoms with Gasteiger partial charge in [-0.3, -0.25) is 14.5 Å². The number of rotatable bonds is 8. The standard InChI is InChI=1S/C28H34N2O3/c1-3-29(20-21-12-8-7-9-13-21)26-25(22-16-18-24(19-17-22)33-4-2)27(31)30(28(26)32)23-14-10-5-6-11-15-23/h7-9,12-13,16-19,23H,3-6,10-11,14-15,20H2,1-2H3. The summed E-state index contributed by atoms with van der Waals surface area (Å²) in [7, 11) is 0. The van der Waals surface area contributed by atoms with Crippen molar-refractivity contribution < 1.29 is 14.3 Å². The molecule has 5 heteroatoms. The average molecular weight is 447 g/mol. The molecule has 1 heterocycles. The summed E-state index contributed by atoms with van der Waals surface area (Å²) in [6, 6.07) is 17.7. The van der Waals surface area contributed by atoms with Crippen LogP contribution in [0.15, 0.2) is 60.3 Å². The van der Waals surface area contributed by atoms with Gasteiger partial charge in [0, 0.05) is 19.1 Å². The topological polar surface area (TPSA) is 49.9 Å². The molecule has 4 rings (SSSR count). The van der Waals surface area contributed by atoms with E-state index in [-0.39, 0.29) is 17.9 Å². The number of carbonyl (C=O) groups excluding carboxylic acids is 2. The zero-order chi connectivity index (χ0) is 23.2. The molecule has 33 heavy (non-hydrogen) atoms. The van der Waals surface area contributed by atoms with Crippen molar-refractivity contribution >= 4 is 17.4 Å². The Labute approximate surface area is 197 Å². The van der Waals surface area contributed by atoms with Crippen LogP contribution in [0, 0.1) is 0 Å². The van der Waals surface area contributed by atoms with Crippen molar-refractivity contribution in [2.45, 2.75) is 65.0 Å².